The Labute approximate surface area is 213 Å². The lowest BCUT2D eigenvalue weighted by atomic mass is 10.0. The second-order valence-electron chi connectivity index (χ2n) is 10.6. The van der Waals surface area contributed by atoms with Gasteiger partial charge in [0.25, 0.3) is 0 Å². The standard InChI is InChI=1S/C32H56N2/c1-3-5-7-9-11-12-13-14-15-16-17-22-26-32-33(27-23-18-10-8-6-4-2)28-29-34(32)30-31-24-20-19-21-25-31/h19-21,24-25,28-29,32H,3-18,22-23,26-27,30H2,1-2H3. The molecular weight excluding hydrogens is 412 g/mol. The predicted octanol–water partition coefficient (Wildman–Crippen LogP) is 10.1. The molecule has 0 amide bonds. The third-order valence-electron chi connectivity index (χ3n) is 7.51. The van der Waals surface area contributed by atoms with E-state index in [0.717, 1.165) is 6.54 Å². The van der Waals surface area contributed by atoms with Crippen molar-refractivity contribution in [2.45, 2.75) is 149 Å². The molecule has 194 valence electrons. The molecule has 0 radical (unpaired) electrons. The van der Waals surface area contributed by atoms with Gasteiger partial charge >= 0.3 is 0 Å². The molecule has 1 heterocycles. The lowest BCUT2D eigenvalue weighted by molar-refractivity contribution is 0.132. The zero-order chi connectivity index (χ0) is 24.1. The van der Waals surface area contributed by atoms with Gasteiger partial charge in [0.05, 0.1) is 0 Å². The van der Waals surface area contributed by atoms with Crippen LogP contribution in [-0.2, 0) is 6.54 Å². The first-order chi connectivity index (χ1) is 16.8. The van der Waals surface area contributed by atoms with E-state index >= 15 is 0 Å². The Kier molecular flexibility index (Phi) is 16.8. The molecule has 1 aliphatic heterocycles. The van der Waals surface area contributed by atoms with E-state index < -0.39 is 0 Å². The molecule has 0 N–H and O–H groups in total. The van der Waals surface area contributed by atoms with E-state index in [1.54, 1.807) is 0 Å². The summed E-state index contributed by atoms with van der Waals surface area (Å²) in [5.41, 5.74) is 1.42. The summed E-state index contributed by atoms with van der Waals surface area (Å²) in [5.74, 6) is 0. The number of benzene rings is 1. The van der Waals surface area contributed by atoms with E-state index in [4.69, 9.17) is 0 Å². The van der Waals surface area contributed by atoms with Crippen LogP contribution in [0.25, 0.3) is 0 Å². The fraction of sp³-hybridized carbons (Fsp3) is 0.750. The maximum absolute atomic E-state index is 2.64. The summed E-state index contributed by atoms with van der Waals surface area (Å²) in [6.45, 7) is 6.86. The Bertz CT molecular complexity index is 596. The highest BCUT2D eigenvalue weighted by Crippen LogP contribution is 2.25. The van der Waals surface area contributed by atoms with Gasteiger partial charge in [-0.15, -0.1) is 0 Å². The number of nitrogens with zero attached hydrogens (tertiary/aromatic N) is 2. The van der Waals surface area contributed by atoms with Crippen LogP contribution in [-0.4, -0.2) is 22.5 Å². The highest BCUT2D eigenvalue weighted by atomic mass is 15.4. The van der Waals surface area contributed by atoms with Crippen molar-refractivity contribution in [1.82, 2.24) is 9.80 Å². The molecule has 1 unspecified atom stereocenters. The molecule has 2 heteroatoms. The van der Waals surface area contributed by atoms with Crippen LogP contribution in [0, 0.1) is 0 Å². The predicted molar refractivity (Wildman–Crippen MR) is 151 cm³/mol. The molecule has 2 nitrogen and oxygen atoms in total. The molecule has 2 rings (SSSR count). The van der Waals surface area contributed by atoms with Crippen LogP contribution in [0.5, 0.6) is 0 Å². The van der Waals surface area contributed by atoms with E-state index in [0.29, 0.717) is 6.17 Å². The second-order valence-corrected chi connectivity index (χ2v) is 10.6. The monoisotopic (exact) mass is 468 g/mol. The van der Waals surface area contributed by atoms with Crippen molar-refractivity contribution in [2.75, 3.05) is 6.54 Å². The van der Waals surface area contributed by atoms with Crippen LogP contribution in [0.2, 0.25) is 0 Å². The van der Waals surface area contributed by atoms with Crippen LogP contribution in [0.3, 0.4) is 0 Å². The summed E-state index contributed by atoms with van der Waals surface area (Å²) >= 11 is 0. The molecule has 0 spiro atoms. The number of hydrogen-bond donors (Lipinski definition) is 0. The summed E-state index contributed by atoms with van der Waals surface area (Å²) in [5, 5.41) is 0. The molecule has 0 aliphatic carbocycles. The first-order valence-electron chi connectivity index (χ1n) is 15.1. The number of rotatable bonds is 22. The Morgan fingerprint density at radius 2 is 1.00 bits per heavy atom. The minimum Gasteiger partial charge on any atom is -0.356 e. The third kappa shape index (κ3) is 12.9. The molecule has 0 bridgehead atoms. The molecule has 1 aromatic rings. The topological polar surface area (TPSA) is 6.48 Å². The molecule has 0 fully saturated rings. The molecule has 1 aromatic carbocycles. The molecule has 34 heavy (non-hydrogen) atoms. The van der Waals surface area contributed by atoms with E-state index in [1.165, 1.54) is 134 Å². The van der Waals surface area contributed by atoms with E-state index in [1.807, 2.05) is 0 Å². The van der Waals surface area contributed by atoms with Crippen molar-refractivity contribution in [3.05, 3.63) is 48.3 Å². The summed E-state index contributed by atoms with van der Waals surface area (Å²) < 4.78 is 0. The maximum atomic E-state index is 2.64. The summed E-state index contributed by atoms with van der Waals surface area (Å²) in [4.78, 5) is 5.23. The highest BCUT2D eigenvalue weighted by Gasteiger charge is 2.25. The second kappa shape index (κ2) is 19.8. The van der Waals surface area contributed by atoms with Gasteiger partial charge in [0.2, 0.25) is 0 Å². The summed E-state index contributed by atoms with van der Waals surface area (Å²) in [7, 11) is 0. The van der Waals surface area contributed by atoms with Gasteiger partial charge in [-0.05, 0) is 24.8 Å². The van der Waals surface area contributed by atoms with E-state index in [2.05, 4.69) is 66.4 Å². The Morgan fingerprint density at radius 1 is 0.529 bits per heavy atom. The normalized spacial score (nSPS) is 15.5. The van der Waals surface area contributed by atoms with Gasteiger partial charge in [0, 0.05) is 25.5 Å². The SMILES string of the molecule is CCCCCCCCCCCCCCC1N(CCCCCCCC)C=CN1Cc1ccccc1. The van der Waals surface area contributed by atoms with Gasteiger partial charge in [-0.3, -0.25) is 0 Å². The van der Waals surface area contributed by atoms with Crippen molar-refractivity contribution < 1.29 is 0 Å². The first-order valence-corrected chi connectivity index (χ1v) is 15.1. The van der Waals surface area contributed by atoms with Crippen LogP contribution < -0.4 is 0 Å². The Morgan fingerprint density at radius 3 is 1.56 bits per heavy atom. The molecule has 0 saturated heterocycles. The maximum Gasteiger partial charge on any atom is 0.101 e. The van der Waals surface area contributed by atoms with Gasteiger partial charge in [0.15, 0.2) is 0 Å². The molecule has 0 saturated carbocycles. The van der Waals surface area contributed by atoms with Crippen molar-refractivity contribution in [3.63, 3.8) is 0 Å². The number of unbranched alkanes of at least 4 members (excludes halogenated alkanes) is 16. The minimum absolute atomic E-state index is 0.555. The first kappa shape index (κ1) is 28.8. The van der Waals surface area contributed by atoms with Gasteiger partial charge in [-0.1, -0.05) is 147 Å². The van der Waals surface area contributed by atoms with Gasteiger partial charge in [-0.2, -0.15) is 0 Å². The number of hydrogen-bond acceptors (Lipinski definition) is 2. The lowest BCUT2D eigenvalue weighted by Gasteiger charge is -2.33. The molecular formula is C32H56N2. The average Bonchev–Trinajstić information content (AvgIpc) is 3.23. The Balaban J connectivity index is 1.64. The minimum atomic E-state index is 0.555. The van der Waals surface area contributed by atoms with E-state index in [-0.39, 0.29) is 0 Å². The lowest BCUT2D eigenvalue weighted by Crippen LogP contribution is -2.38. The largest absolute Gasteiger partial charge is 0.356 e. The third-order valence-corrected chi connectivity index (χ3v) is 7.51. The molecule has 1 atom stereocenters. The summed E-state index contributed by atoms with van der Waals surface area (Å²) in [6.07, 6.45) is 32.0. The van der Waals surface area contributed by atoms with Crippen LogP contribution in [0.1, 0.15) is 141 Å². The average molecular weight is 469 g/mol. The van der Waals surface area contributed by atoms with Gasteiger partial charge in [-0.25, -0.2) is 0 Å². The van der Waals surface area contributed by atoms with Crippen molar-refractivity contribution in [2.24, 2.45) is 0 Å². The van der Waals surface area contributed by atoms with Gasteiger partial charge < -0.3 is 9.80 Å². The smallest absolute Gasteiger partial charge is 0.101 e. The quantitative estimate of drug-likeness (QED) is 0.156. The fourth-order valence-electron chi connectivity index (χ4n) is 5.31. The Hall–Kier alpha value is -1.44. The van der Waals surface area contributed by atoms with Crippen LogP contribution in [0.4, 0.5) is 0 Å². The van der Waals surface area contributed by atoms with Crippen LogP contribution >= 0.6 is 0 Å². The molecule has 1 aliphatic rings. The van der Waals surface area contributed by atoms with Gasteiger partial charge in [0.1, 0.15) is 6.17 Å². The zero-order valence-electron chi connectivity index (χ0n) is 22.9. The van der Waals surface area contributed by atoms with Crippen molar-refractivity contribution >= 4 is 0 Å². The van der Waals surface area contributed by atoms with Crippen molar-refractivity contribution in [1.29, 1.82) is 0 Å². The highest BCUT2D eigenvalue weighted by molar-refractivity contribution is 5.15. The zero-order valence-corrected chi connectivity index (χ0v) is 22.9. The van der Waals surface area contributed by atoms with E-state index in [9.17, 15) is 0 Å². The molecule has 0 aromatic heterocycles. The van der Waals surface area contributed by atoms with Crippen LogP contribution in [0.15, 0.2) is 42.7 Å². The summed E-state index contributed by atoms with van der Waals surface area (Å²) in [6, 6.07) is 11.0. The fourth-order valence-corrected chi connectivity index (χ4v) is 5.31. The van der Waals surface area contributed by atoms with Crippen molar-refractivity contribution in [3.8, 4) is 0 Å².